The molecule has 2 saturated heterocycles. The minimum absolute atomic E-state index is 0.0585. The van der Waals surface area contributed by atoms with E-state index in [4.69, 9.17) is 0 Å². The first-order valence-corrected chi connectivity index (χ1v) is 12.4. The zero-order chi connectivity index (χ0) is 21.7. The summed E-state index contributed by atoms with van der Waals surface area (Å²) in [7, 11) is 0.589. The highest BCUT2D eigenvalue weighted by molar-refractivity contribution is 7.91. The third-order valence-electron chi connectivity index (χ3n) is 5.74. The maximum absolute atomic E-state index is 12.9. The van der Waals surface area contributed by atoms with Gasteiger partial charge in [0.1, 0.15) is 0 Å². The number of rotatable bonds is 6. The lowest BCUT2D eigenvalue weighted by molar-refractivity contribution is -0.144. The molecule has 8 nitrogen and oxygen atoms in total. The Labute approximate surface area is 179 Å². The highest BCUT2D eigenvalue weighted by Crippen LogP contribution is 2.22. The zero-order valence-electron chi connectivity index (χ0n) is 17.8. The molecule has 2 aliphatic rings. The number of nitrogens with one attached hydrogen (secondary N) is 1. The van der Waals surface area contributed by atoms with E-state index in [1.54, 1.807) is 12.1 Å². The Morgan fingerprint density at radius 1 is 1.07 bits per heavy atom. The Bertz CT molecular complexity index is 848. The maximum Gasteiger partial charge on any atom is 0.313 e. The van der Waals surface area contributed by atoms with Gasteiger partial charge in [-0.25, -0.2) is 8.42 Å². The Balaban J connectivity index is 1.64. The molecule has 2 fully saturated rings. The van der Waals surface area contributed by atoms with Gasteiger partial charge in [0.2, 0.25) is 0 Å². The summed E-state index contributed by atoms with van der Waals surface area (Å²) < 4.78 is 23.8. The SMILES string of the molecule is CN(C)CCN(C(=O)C(=O)Nc1ccc(N2CCCCC2)cc1)C1CCS(=O)(=O)C1. The number of benzene rings is 1. The van der Waals surface area contributed by atoms with Gasteiger partial charge in [0.25, 0.3) is 0 Å². The van der Waals surface area contributed by atoms with E-state index in [9.17, 15) is 18.0 Å². The Kier molecular flexibility index (Phi) is 7.36. The summed E-state index contributed by atoms with van der Waals surface area (Å²) in [5.74, 6) is -1.43. The van der Waals surface area contributed by atoms with E-state index in [0.29, 0.717) is 25.2 Å². The van der Waals surface area contributed by atoms with Gasteiger partial charge in [-0.05, 0) is 64.0 Å². The average Bonchev–Trinajstić information content (AvgIpc) is 3.08. The van der Waals surface area contributed by atoms with E-state index < -0.39 is 27.7 Å². The van der Waals surface area contributed by atoms with Gasteiger partial charge in [-0.15, -0.1) is 0 Å². The zero-order valence-corrected chi connectivity index (χ0v) is 18.7. The van der Waals surface area contributed by atoms with Crippen molar-refractivity contribution in [3.8, 4) is 0 Å². The van der Waals surface area contributed by atoms with Crippen LogP contribution in [0.1, 0.15) is 25.7 Å². The van der Waals surface area contributed by atoms with Gasteiger partial charge in [0.05, 0.1) is 11.5 Å². The van der Waals surface area contributed by atoms with Crippen molar-refractivity contribution in [3.63, 3.8) is 0 Å². The first-order chi connectivity index (χ1) is 14.2. The standard InChI is InChI=1S/C21H32N4O4S/c1-23(2)13-14-25(19-10-15-30(28,29)16-19)21(27)20(26)22-17-6-8-18(9-7-17)24-11-4-3-5-12-24/h6-9,19H,3-5,10-16H2,1-2H3,(H,22,26). The monoisotopic (exact) mass is 436 g/mol. The number of carbonyl (C=O) groups excluding carboxylic acids is 2. The molecule has 0 spiro atoms. The van der Waals surface area contributed by atoms with Crippen LogP contribution < -0.4 is 10.2 Å². The van der Waals surface area contributed by atoms with Crippen molar-refractivity contribution in [1.82, 2.24) is 9.80 Å². The molecule has 9 heteroatoms. The van der Waals surface area contributed by atoms with Crippen LogP contribution in [-0.4, -0.2) is 87.9 Å². The second kappa shape index (κ2) is 9.78. The Hall–Kier alpha value is -2.13. The molecular formula is C21H32N4O4S. The highest BCUT2D eigenvalue weighted by atomic mass is 32.2. The van der Waals surface area contributed by atoms with Crippen LogP contribution in [0.3, 0.4) is 0 Å². The molecule has 0 bridgehead atoms. The first kappa shape index (κ1) is 22.6. The molecule has 0 saturated carbocycles. The van der Waals surface area contributed by atoms with Crippen molar-refractivity contribution in [3.05, 3.63) is 24.3 Å². The van der Waals surface area contributed by atoms with Crippen LogP contribution in [0.25, 0.3) is 0 Å². The minimum Gasteiger partial charge on any atom is -0.372 e. The summed E-state index contributed by atoms with van der Waals surface area (Å²) >= 11 is 0. The third kappa shape index (κ3) is 5.95. The maximum atomic E-state index is 12.9. The molecule has 1 aromatic carbocycles. The van der Waals surface area contributed by atoms with Crippen LogP contribution in [0.5, 0.6) is 0 Å². The van der Waals surface area contributed by atoms with E-state index in [1.165, 1.54) is 24.2 Å². The molecule has 2 heterocycles. The number of carbonyl (C=O) groups is 2. The van der Waals surface area contributed by atoms with Gasteiger partial charge < -0.3 is 20.0 Å². The predicted octanol–water partition coefficient (Wildman–Crippen LogP) is 1.19. The van der Waals surface area contributed by atoms with Crippen molar-refractivity contribution in [2.45, 2.75) is 31.7 Å². The van der Waals surface area contributed by atoms with Crippen molar-refractivity contribution in [1.29, 1.82) is 0 Å². The number of anilines is 2. The second-order valence-electron chi connectivity index (χ2n) is 8.41. The fourth-order valence-corrected chi connectivity index (χ4v) is 5.73. The van der Waals surface area contributed by atoms with Crippen LogP contribution in [0.4, 0.5) is 11.4 Å². The summed E-state index contributed by atoms with van der Waals surface area (Å²) in [6.45, 7) is 2.94. The van der Waals surface area contributed by atoms with Crippen molar-refractivity contribution in [2.24, 2.45) is 0 Å². The van der Waals surface area contributed by atoms with Crippen molar-refractivity contribution < 1.29 is 18.0 Å². The summed E-state index contributed by atoms with van der Waals surface area (Å²) in [5.41, 5.74) is 1.67. The third-order valence-corrected chi connectivity index (χ3v) is 7.49. The summed E-state index contributed by atoms with van der Waals surface area (Å²) in [4.78, 5) is 31.1. The van der Waals surface area contributed by atoms with Crippen molar-refractivity contribution in [2.75, 3.05) is 62.0 Å². The van der Waals surface area contributed by atoms with Crippen LogP contribution in [0.2, 0.25) is 0 Å². The summed E-state index contributed by atoms with van der Waals surface area (Å²) in [6, 6.07) is 7.07. The first-order valence-electron chi connectivity index (χ1n) is 10.6. The normalized spacial score (nSPS) is 20.9. The van der Waals surface area contributed by atoms with Gasteiger partial charge in [-0.3, -0.25) is 9.59 Å². The number of hydrogen-bond acceptors (Lipinski definition) is 6. The second-order valence-corrected chi connectivity index (χ2v) is 10.6. The summed E-state index contributed by atoms with van der Waals surface area (Å²) in [5, 5.41) is 2.67. The molecule has 1 N–H and O–H groups in total. The molecule has 0 radical (unpaired) electrons. The molecule has 3 rings (SSSR count). The lowest BCUT2D eigenvalue weighted by Crippen LogP contribution is -2.48. The van der Waals surface area contributed by atoms with E-state index in [2.05, 4.69) is 10.2 Å². The number of piperidine rings is 1. The largest absolute Gasteiger partial charge is 0.372 e. The molecule has 166 valence electrons. The molecule has 0 aromatic heterocycles. The van der Waals surface area contributed by atoms with Crippen LogP contribution in [0.15, 0.2) is 24.3 Å². The van der Waals surface area contributed by atoms with E-state index >= 15 is 0 Å². The quantitative estimate of drug-likeness (QED) is 0.674. The summed E-state index contributed by atoms with van der Waals surface area (Å²) in [6.07, 6.45) is 4.01. The fraction of sp³-hybridized carbons (Fsp3) is 0.619. The van der Waals surface area contributed by atoms with E-state index in [-0.39, 0.29) is 11.5 Å². The van der Waals surface area contributed by atoms with Gasteiger partial charge in [0.15, 0.2) is 9.84 Å². The molecule has 1 atom stereocenters. The average molecular weight is 437 g/mol. The predicted molar refractivity (Wildman–Crippen MR) is 118 cm³/mol. The van der Waals surface area contributed by atoms with Crippen molar-refractivity contribution >= 4 is 33.0 Å². The number of sulfone groups is 1. The molecule has 2 aliphatic heterocycles. The van der Waals surface area contributed by atoms with Gasteiger partial charge in [-0.1, -0.05) is 0 Å². The van der Waals surface area contributed by atoms with Crippen LogP contribution in [-0.2, 0) is 19.4 Å². The number of amides is 2. The lowest BCUT2D eigenvalue weighted by Gasteiger charge is -2.29. The minimum atomic E-state index is -3.16. The fourth-order valence-electron chi connectivity index (χ4n) is 4.00. The molecule has 1 aromatic rings. The molecule has 1 unspecified atom stereocenters. The van der Waals surface area contributed by atoms with E-state index in [1.807, 2.05) is 31.1 Å². The molecular weight excluding hydrogens is 404 g/mol. The number of nitrogens with zero attached hydrogens (tertiary/aromatic N) is 3. The number of likely N-dealkylation sites (N-methyl/N-ethyl adjacent to an activating group) is 1. The molecule has 0 aliphatic carbocycles. The van der Waals surface area contributed by atoms with Crippen LogP contribution in [0, 0.1) is 0 Å². The Morgan fingerprint density at radius 3 is 2.30 bits per heavy atom. The lowest BCUT2D eigenvalue weighted by atomic mass is 10.1. The Morgan fingerprint density at radius 2 is 1.73 bits per heavy atom. The van der Waals surface area contributed by atoms with Crippen LogP contribution >= 0.6 is 0 Å². The van der Waals surface area contributed by atoms with Gasteiger partial charge >= 0.3 is 11.8 Å². The van der Waals surface area contributed by atoms with E-state index in [0.717, 1.165) is 18.8 Å². The molecule has 2 amide bonds. The number of hydrogen-bond donors (Lipinski definition) is 1. The topological polar surface area (TPSA) is 90.0 Å². The van der Waals surface area contributed by atoms with Gasteiger partial charge in [0, 0.05) is 43.6 Å². The molecule has 30 heavy (non-hydrogen) atoms. The highest BCUT2D eigenvalue weighted by Gasteiger charge is 2.36. The van der Waals surface area contributed by atoms with Gasteiger partial charge in [-0.2, -0.15) is 0 Å². The smallest absolute Gasteiger partial charge is 0.313 e.